The summed E-state index contributed by atoms with van der Waals surface area (Å²) in [7, 11) is 0. The molecule has 0 aromatic rings. The Labute approximate surface area is 119 Å². The number of rotatable bonds is 3. The minimum absolute atomic E-state index is 0.00862. The first-order valence-corrected chi connectivity index (χ1v) is 7.71. The Morgan fingerprint density at radius 2 is 2.00 bits per heavy atom. The van der Waals surface area contributed by atoms with Gasteiger partial charge in [0.05, 0.1) is 12.0 Å². The van der Waals surface area contributed by atoms with Crippen LogP contribution < -0.4 is 0 Å². The highest BCUT2D eigenvalue weighted by Crippen LogP contribution is 2.36. The second-order valence-corrected chi connectivity index (χ2v) is 7.07. The van der Waals surface area contributed by atoms with E-state index in [0.717, 1.165) is 19.6 Å². The first kappa shape index (κ1) is 13.9. The van der Waals surface area contributed by atoms with Crippen LogP contribution in [0.25, 0.3) is 0 Å². The smallest absolute Gasteiger partial charge is 0.227 e. The topological polar surface area (TPSA) is 60.9 Å². The molecule has 0 radical (unpaired) electrons. The minimum Gasteiger partial charge on any atom is -0.393 e. The molecule has 3 fully saturated rings. The lowest BCUT2D eigenvalue weighted by atomic mass is 9.81. The van der Waals surface area contributed by atoms with Crippen molar-refractivity contribution in [3.05, 3.63) is 0 Å². The van der Waals surface area contributed by atoms with Gasteiger partial charge < -0.3 is 14.9 Å². The number of hydrogen-bond donors (Lipinski definition) is 1. The van der Waals surface area contributed by atoms with E-state index in [9.17, 15) is 14.7 Å². The molecule has 112 valence electrons. The molecule has 0 aromatic carbocycles. The number of aliphatic hydroxyl groups is 1. The van der Waals surface area contributed by atoms with Gasteiger partial charge in [0.2, 0.25) is 11.8 Å². The Bertz CT molecular complexity index is 417. The summed E-state index contributed by atoms with van der Waals surface area (Å²) in [5.74, 6) is 1.19. The molecule has 5 nitrogen and oxygen atoms in total. The summed E-state index contributed by atoms with van der Waals surface area (Å²) in [6, 6.07) is 0. The van der Waals surface area contributed by atoms with Crippen LogP contribution in [0.4, 0.5) is 0 Å². The van der Waals surface area contributed by atoms with E-state index in [-0.39, 0.29) is 29.8 Å². The maximum atomic E-state index is 12.3. The largest absolute Gasteiger partial charge is 0.393 e. The van der Waals surface area contributed by atoms with E-state index in [0.29, 0.717) is 31.2 Å². The molecule has 2 saturated heterocycles. The van der Waals surface area contributed by atoms with Crippen LogP contribution in [0.1, 0.15) is 26.7 Å². The fraction of sp³-hybridized carbons (Fsp3) is 0.867. The molecule has 2 amide bonds. The Morgan fingerprint density at radius 3 is 2.55 bits per heavy atom. The van der Waals surface area contributed by atoms with Crippen molar-refractivity contribution in [3.63, 3.8) is 0 Å². The van der Waals surface area contributed by atoms with Crippen molar-refractivity contribution in [2.24, 2.45) is 23.7 Å². The van der Waals surface area contributed by atoms with Gasteiger partial charge in [0, 0.05) is 38.0 Å². The molecular formula is C15H24N2O3. The molecule has 3 rings (SSSR count). The van der Waals surface area contributed by atoms with Crippen LogP contribution in [0.2, 0.25) is 0 Å². The van der Waals surface area contributed by atoms with Crippen molar-refractivity contribution in [1.82, 2.24) is 9.80 Å². The number of carbonyl (C=O) groups excluding carboxylic acids is 2. The van der Waals surface area contributed by atoms with Crippen molar-refractivity contribution >= 4 is 11.8 Å². The quantitative estimate of drug-likeness (QED) is 0.810. The van der Waals surface area contributed by atoms with Gasteiger partial charge in [-0.2, -0.15) is 0 Å². The molecule has 0 aromatic heterocycles. The maximum Gasteiger partial charge on any atom is 0.227 e. The van der Waals surface area contributed by atoms with Crippen molar-refractivity contribution < 1.29 is 14.7 Å². The lowest BCUT2D eigenvalue weighted by Crippen LogP contribution is -2.44. The third-order valence-electron chi connectivity index (χ3n) is 4.88. The predicted molar refractivity (Wildman–Crippen MR) is 73.7 cm³/mol. The zero-order chi connectivity index (χ0) is 14.4. The number of amides is 2. The second-order valence-electron chi connectivity index (χ2n) is 7.07. The van der Waals surface area contributed by atoms with Crippen LogP contribution >= 0.6 is 0 Å². The Balaban J connectivity index is 1.57. The minimum atomic E-state index is -0.297. The van der Waals surface area contributed by atoms with Crippen molar-refractivity contribution in [2.75, 3.05) is 26.2 Å². The predicted octanol–water partition coefficient (Wildman–Crippen LogP) is 0.330. The van der Waals surface area contributed by atoms with Gasteiger partial charge in [0.1, 0.15) is 0 Å². The fourth-order valence-corrected chi connectivity index (χ4v) is 3.78. The highest BCUT2D eigenvalue weighted by molar-refractivity contribution is 5.85. The average molecular weight is 280 g/mol. The van der Waals surface area contributed by atoms with Gasteiger partial charge >= 0.3 is 0 Å². The highest BCUT2D eigenvalue weighted by Gasteiger charge is 2.49. The van der Waals surface area contributed by atoms with Gasteiger partial charge in [-0.15, -0.1) is 0 Å². The van der Waals surface area contributed by atoms with E-state index in [1.165, 1.54) is 0 Å². The molecule has 20 heavy (non-hydrogen) atoms. The first-order chi connectivity index (χ1) is 9.45. The highest BCUT2D eigenvalue weighted by atomic mass is 16.3. The molecule has 1 saturated carbocycles. The average Bonchev–Trinajstić information content (AvgIpc) is 2.86. The zero-order valence-electron chi connectivity index (χ0n) is 12.3. The molecule has 3 aliphatic rings. The summed E-state index contributed by atoms with van der Waals surface area (Å²) in [6.45, 7) is 7.19. The van der Waals surface area contributed by atoms with Crippen LogP contribution in [-0.4, -0.2) is 59.0 Å². The molecule has 2 atom stereocenters. The number of fused-ring (bicyclic) bond motifs is 1. The van der Waals surface area contributed by atoms with E-state index in [1.54, 1.807) is 0 Å². The third-order valence-corrected chi connectivity index (χ3v) is 4.88. The molecule has 2 aliphatic heterocycles. The van der Waals surface area contributed by atoms with Crippen molar-refractivity contribution in [3.8, 4) is 0 Å². The van der Waals surface area contributed by atoms with Crippen LogP contribution in [0.15, 0.2) is 0 Å². The van der Waals surface area contributed by atoms with Crippen LogP contribution in [0, 0.1) is 23.7 Å². The molecule has 0 unspecified atom stereocenters. The SMILES string of the molecule is CC(C)CN1C[C@@H]2CN(C(=O)C3CC(O)C3)C[C@@H]2C1=O. The molecule has 2 heterocycles. The van der Waals surface area contributed by atoms with Gasteiger partial charge in [0.15, 0.2) is 0 Å². The van der Waals surface area contributed by atoms with E-state index < -0.39 is 0 Å². The summed E-state index contributed by atoms with van der Waals surface area (Å²) in [4.78, 5) is 28.4. The van der Waals surface area contributed by atoms with Gasteiger partial charge in [-0.1, -0.05) is 13.8 Å². The van der Waals surface area contributed by atoms with Crippen LogP contribution in [0.5, 0.6) is 0 Å². The van der Waals surface area contributed by atoms with Gasteiger partial charge in [-0.05, 0) is 18.8 Å². The standard InChI is InChI=1S/C15H24N2O3/c1-9(2)5-16-6-11-7-17(8-13(11)15(16)20)14(19)10-3-12(18)4-10/h9-13,18H,3-8H2,1-2H3/t10?,11-,12?,13+/m1/s1. The first-order valence-electron chi connectivity index (χ1n) is 7.71. The molecule has 0 spiro atoms. The number of likely N-dealkylation sites (tertiary alicyclic amines) is 2. The molecule has 0 bridgehead atoms. The molecule has 1 N–H and O–H groups in total. The van der Waals surface area contributed by atoms with Gasteiger partial charge in [0.25, 0.3) is 0 Å². The molecule has 1 aliphatic carbocycles. The van der Waals surface area contributed by atoms with Gasteiger partial charge in [-0.3, -0.25) is 9.59 Å². The summed E-state index contributed by atoms with van der Waals surface area (Å²) in [5, 5.41) is 9.30. The van der Waals surface area contributed by atoms with E-state index >= 15 is 0 Å². The Kier molecular flexibility index (Phi) is 3.48. The lowest BCUT2D eigenvalue weighted by Gasteiger charge is -2.33. The van der Waals surface area contributed by atoms with E-state index in [2.05, 4.69) is 13.8 Å². The number of carbonyl (C=O) groups is 2. The summed E-state index contributed by atoms with van der Waals surface area (Å²) in [6.07, 6.45) is 0.894. The zero-order valence-corrected chi connectivity index (χ0v) is 12.3. The third kappa shape index (κ3) is 2.32. The van der Waals surface area contributed by atoms with E-state index in [1.807, 2.05) is 9.80 Å². The second kappa shape index (κ2) is 5.02. The maximum absolute atomic E-state index is 12.3. The summed E-state index contributed by atoms with van der Waals surface area (Å²) >= 11 is 0. The van der Waals surface area contributed by atoms with Crippen LogP contribution in [0.3, 0.4) is 0 Å². The molecule has 5 heteroatoms. The van der Waals surface area contributed by atoms with Gasteiger partial charge in [-0.25, -0.2) is 0 Å². The Morgan fingerprint density at radius 1 is 1.30 bits per heavy atom. The van der Waals surface area contributed by atoms with Crippen LogP contribution in [-0.2, 0) is 9.59 Å². The molecular weight excluding hydrogens is 256 g/mol. The summed E-state index contributed by atoms with van der Waals surface area (Å²) in [5.41, 5.74) is 0. The number of nitrogens with zero attached hydrogens (tertiary/aromatic N) is 2. The number of hydrogen-bond acceptors (Lipinski definition) is 3. The number of aliphatic hydroxyl groups excluding tert-OH is 1. The van der Waals surface area contributed by atoms with Crippen molar-refractivity contribution in [1.29, 1.82) is 0 Å². The monoisotopic (exact) mass is 280 g/mol. The summed E-state index contributed by atoms with van der Waals surface area (Å²) < 4.78 is 0. The van der Waals surface area contributed by atoms with Crippen molar-refractivity contribution in [2.45, 2.75) is 32.8 Å². The lowest BCUT2D eigenvalue weighted by molar-refractivity contribution is -0.142. The normalized spacial score (nSPS) is 36.5. The fourth-order valence-electron chi connectivity index (χ4n) is 3.78. The Hall–Kier alpha value is -1.10. The van der Waals surface area contributed by atoms with E-state index in [4.69, 9.17) is 0 Å².